The van der Waals surface area contributed by atoms with E-state index in [1.54, 1.807) is 36.4 Å². The Labute approximate surface area is 97.1 Å². The minimum Gasteiger partial charge on any atom is -0.456 e. The van der Waals surface area contributed by atoms with Gasteiger partial charge in [-0.2, -0.15) is 10.5 Å². The summed E-state index contributed by atoms with van der Waals surface area (Å²) < 4.78 is 5.63. The Kier molecular flexibility index (Phi) is 1.87. The quantitative estimate of drug-likeness (QED) is 0.581. The molecule has 17 heavy (non-hydrogen) atoms. The molecule has 0 aliphatic carbocycles. The molecule has 0 bridgehead atoms. The van der Waals surface area contributed by atoms with Gasteiger partial charge in [-0.15, -0.1) is 0 Å². The average molecular weight is 218 g/mol. The molecule has 78 valence electrons. The zero-order chi connectivity index (χ0) is 11.8. The molecule has 0 fully saturated rings. The third kappa shape index (κ3) is 1.34. The molecule has 0 amide bonds. The van der Waals surface area contributed by atoms with Gasteiger partial charge >= 0.3 is 0 Å². The molecule has 3 aromatic rings. The highest BCUT2D eigenvalue weighted by Gasteiger charge is 2.08. The van der Waals surface area contributed by atoms with Crippen molar-refractivity contribution in [2.75, 3.05) is 0 Å². The van der Waals surface area contributed by atoms with Gasteiger partial charge in [0.2, 0.25) is 0 Å². The molecule has 0 saturated carbocycles. The predicted octanol–water partition coefficient (Wildman–Crippen LogP) is 3.33. The lowest BCUT2D eigenvalue weighted by Crippen LogP contribution is -1.74. The van der Waals surface area contributed by atoms with Crippen molar-refractivity contribution in [3.8, 4) is 12.1 Å². The van der Waals surface area contributed by atoms with E-state index in [0.717, 1.165) is 21.9 Å². The van der Waals surface area contributed by atoms with Gasteiger partial charge in [0, 0.05) is 10.8 Å². The Hall–Kier alpha value is -2.78. The first-order valence-electron chi connectivity index (χ1n) is 5.08. The first kappa shape index (κ1) is 9.45. The third-order valence-electron chi connectivity index (χ3n) is 2.73. The van der Waals surface area contributed by atoms with Gasteiger partial charge < -0.3 is 4.42 Å². The van der Waals surface area contributed by atoms with Crippen LogP contribution in [-0.2, 0) is 0 Å². The summed E-state index contributed by atoms with van der Waals surface area (Å²) in [6, 6.07) is 14.7. The van der Waals surface area contributed by atoms with Crippen molar-refractivity contribution < 1.29 is 4.42 Å². The molecule has 1 aromatic heterocycles. The number of nitriles is 2. The number of hydrogen-bond acceptors (Lipinski definition) is 3. The third-order valence-corrected chi connectivity index (χ3v) is 2.73. The Morgan fingerprint density at radius 2 is 1.24 bits per heavy atom. The van der Waals surface area contributed by atoms with Crippen molar-refractivity contribution in [1.29, 1.82) is 10.5 Å². The van der Waals surface area contributed by atoms with Crippen molar-refractivity contribution in [2.45, 2.75) is 0 Å². The number of furan rings is 1. The van der Waals surface area contributed by atoms with Crippen LogP contribution < -0.4 is 0 Å². The van der Waals surface area contributed by atoms with Crippen molar-refractivity contribution in [3.63, 3.8) is 0 Å². The van der Waals surface area contributed by atoms with Gasteiger partial charge in [0.15, 0.2) is 0 Å². The summed E-state index contributed by atoms with van der Waals surface area (Å²) in [6.45, 7) is 0. The maximum atomic E-state index is 8.87. The lowest BCUT2D eigenvalue weighted by Gasteiger charge is -1.91. The molecular weight excluding hydrogens is 212 g/mol. The summed E-state index contributed by atoms with van der Waals surface area (Å²) in [5.41, 5.74) is 2.63. The topological polar surface area (TPSA) is 60.7 Å². The normalized spacial score (nSPS) is 10.2. The van der Waals surface area contributed by atoms with Crippen LogP contribution in [0, 0.1) is 22.7 Å². The van der Waals surface area contributed by atoms with E-state index in [1.807, 2.05) is 0 Å². The van der Waals surface area contributed by atoms with Crippen molar-refractivity contribution in [3.05, 3.63) is 47.5 Å². The van der Waals surface area contributed by atoms with E-state index >= 15 is 0 Å². The second-order valence-corrected chi connectivity index (χ2v) is 3.75. The maximum absolute atomic E-state index is 8.87. The number of nitrogens with zero attached hydrogens (tertiary/aromatic N) is 2. The zero-order valence-corrected chi connectivity index (χ0v) is 8.77. The summed E-state index contributed by atoms with van der Waals surface area (Å²) in [6.07, 6.45) is 0. The Balaban J connectivity index is 2.47. The Morgan fingerprint density at radius 1 is 0.765 bits per heavy atom. The lowest BCUT2D eigenvalue weighted by molar-refractivity contribution is 0.669. The number of fused-ring (bicyclic) bond motifs is 3. The molecule has 0 unspecified atom stereocenters. The summed E-state index contributed by atoms with van der Waals surface area (Å²) in [5, 5.41) is 19.5. The van der Waals surface area contributed by atoms with Crippen molar-refractivity contribution in [1.82, 2.24) is 0 Å². The minimum atomic E-state index is 0.586. The minimum absolute atomic E-state index is 0.586. The van der Waals surface area contributed by atoms with Crippen LogP contribution in [0.15, 0.2) is 40.8 Å². The van der Waals surface area contributed by atoms with E-state index in [9.17, 15) is 0 Å². The molecule has 3 nitrogen and oxygen atoms in total. The highest BCUT2D eigenvalue weighted by Crippen LogP contribution is 2.29. The van der Waals surface area contributed by atoms with Crippen LogP contribution in [0.2, 0.25) is 0 Å². The molecule has 1 heterocycles. The molecule has 2 aromatic carbocycles. The molecule has 0 saturated heterocycles. The molecule has 3 rings (SSSR count). The molecule has 0 spiro atoms. The van der Waals surface area contributed by atoms with Gasteiger partial charge in [0.25, 0.3) is 0 Å². The first-order chi connectivity index (χ1) is 8.31. The second-order valence-electron chi connectivity index (χ2n) is 3.75. The standard InChI is InChI=1S/C14H6N2O/c15-7-9-1-3-13-11(5-9)12-6-10(8-16)2-4-14(12)17-13/h1-6H. The lowest BCUT2D eigenvalue weighted by atomic mass is 10.1. The van der Waals surface area contributed by atoms with Gasteiger partial charge in [0.1, 0.15) is 11.2 Å². The zero-order valence-electron chi connectivity index (χ0n) is 8.77. The maximum Gasteiger partial charge on any atom is 0.135 e. The van der Waals surface area contributed by atoms with E-state index in [4.69, 9.17) is 14.9 Å². The van der Waals surface area contributed by atoms with Gasteiger partial charge in [0.05, 0.1) is 23.3 Å². The summed E-state index contributed by atoms with van der Waals surface area (Å²) in [4.78, 5) is 0. The summed E-state index contributed by atoms with van der Waals surface area (Å²) in [7, 11) is 0. The van der Waals surface area contributed by atoms with Crippen LogP contribution in [0.25, 0.3) is 21.9 Å². The summed E-state index contributed by atoms with van der Waals surface area (Å²) >= 11 is 0. The van der Waals surface area contributed by atoms with Crippen LogP contribution >= 0.6 is 0 Å². The van der Waals surface area contributed by atoms with Crippen LogP contribution in [0.4, 0.5) is 0 Å². The van der Waals surface area contributed by atoms with Crippen LogP contribution in [0.3, 0.4) is 0 Å². The highest BCUT2D eigenvalue weighted by molar-refractivity contribution is 6.05. The van der Waals surface area contributed by atoms with Crippen molar-refractivity contribution in [2.24, 2.45) is 0 Å². The Bertz CT molecular complexity index is 747. The van der Waals surface area contributed by atoms with E-state index in [2.05, 4.69) is 12.1 Å². The van der Waals surface area contributed by atoms with Gasteiger partial charge in [-0.25, -0.2) is 0 Å². The number of rotatable bonds is 0. The predicted molar refractivity (Wildman–Crippen MR) is 63.2 cm³/mol. The average Bonchev–Trinajstić information content (AvgIpc) is 2.75. The molecule has 0 aliphatic heterocycles. The van der Waals surface area contributed by atoms with Crippen LogP contribution in [-0.4, -0.2) is 0 Å². The van der Waals surface area contributed by atoms with Crippen LogP contribution in [0.1, 0.15) is 11.1 Å². The van der Waals surface area contributed by atoms with E-state index in [1.165, 1.54) is 0 Å². The molecule has 0 aliphatic rings. The smallest absolute Gasteiger partial charge is 0.135 e. The van der Waals surface area contributed by atoms with E-state index < -0.39 is 0 Å². The van der Waals surface area contributed by atoms with E-state index in [0.29, 0.717) is 11.1 Å². The first-order valence-corrected chi connectivity index (χ1v) is 5.08. The van der Waals surface area contributed by atoms with Crippen molar-refractivity contribution >= 4 is 21.9 Å². The number of benzene rings is 2. The largest absolute Gasteiger partial charge is 0.456 e. The molecule has 0 atom stereocenters. The molecule has 0 radical (unpaired) electrons. The van der Waals surface area contributed by atoms with E-state index in [-0.39, 0.29) is 0 Å². The Morgan fingerprint density at radius 3 is 1.65 bits per heavy atom. The fourth-order valence-electron chi connectivity index (χ4n) is 1.92. The molecular formula is C14H6N2O. The SMILES string of the molecule is N#Cc1ccc2oc3ccc(C#N)cc3c2c1. The fraction of sp³-hybridized carbons (Fsp3) is 0. The van der Waals surface area contributed by atoms with Gasteiger partial charge in [-0.3, -0.25) is 0 Å². The van der Waals surface area contributed by atoms with Crippen LogP contribution in [0.5, 0.6) is 0 Å². The number of hydrogen-bond donors (Lipinski definition) is 0. The van der Waals surface area contributed by atoms with Gasteiger partial charge in [-0.05, 0) is 36.4 Å². The molecule has 0 N–H and O–H groups in total. The highest BCUT2D eigenvalue weighted by atomic mass is 16.3. The fourth-order valence-corrected chi connectivity index (χ4v) is 1.92. The monoisotopic (exact) mass is 218 g/mol. The molecule has 3 heteroatoms. The van der Waals surface area contributed by atoms with Gasteiger partial charge in [-0.1, -0.05) is 0 Å². The second kappa shape index (κ2) is 3.37. The summed E-state index contributed by atoms with van der Waals surface area (Å²) in [5.74, 6) is 0.